The van der Waals surface area contributed by atoms with Crippen molar-refractivity contribution in [1.29, 1.82) is 0 Å². The number of hydrogen-bond acceptors (Lipinski definition) is 3. The average Bonchev–Trinajstić information content (AvgIpc) is 2.50. The van der Waals surface area contributed by atoms with Crippen molar-refractivity contribution in [3.05, 3.63) is 29.8 Å². The van der Waals surface area contributed by atoms with Gasteiger partial charge in [-0.2, -0.15) is 0 Å². The number of ether oxygens (including phenoxy) is 1. The third-order valence-electron chi connectivity index (χ3n) is 4.11. The minimum absolute atomic E-state index is 0.172. The molecule has 108 valence electrons. The zero-order valence-electron chi connectivity index (χ0n) is 11.8. The number of carbonyl (C=O) groups is 1. The van der Waals surface area contributed by atoms with Gasteiger partial charge in [-0.15, -0.1) is 0 Å². The Morgan fingerprint density at radius 1 is 1.40 bits per heavy atom. The highest BCUT2D eigenvalue weighted by atomic mass is 16.5. The molecule has 1 unspecified atom stereocenters. The maximum atomic E-state index is 12.5. The van der Waals surface area contributed by atoms with Gasteiger partial charge in [-0.05, 0) is 24.1 Å². The Hall–Kier alpha value is -1.75. The molecule has 1 aromatic rings. The molecule has 0 aromatic heterocycles. The second kappa shape index (κ2) is 5.71. The summed E-state index contributed by atoms with van der Waals surface area (Å²) in [5.41, 5.74) is 1.12. The van der Waals surface area contributed by atoms with Crippen LogP contribution < -0.4 is 10.1 Å². The zero-order chi connectivity index (χ0) is 13.9. The Morgan fingerprint density at radius 2 is 2.30 bits per heavy atom. The van der Waals surface area contributed by atoms with Gasteiger partial charge in [-0.1, -0.05) is 12.1 Å². The SMILES string of the molecule is COc1cccc(CN2CCC3CNCCN3C2=O)c1. The van der Waals surface area contributed by atoms with E-state index in [1.165, 1.54) is 0 Å². The summed E-state index contributed by atoms with van der Waals surface area (Å²) in [7, 11) is 1.66. The van der Waals surface area contributed by atoms with E-state index in [4.69, 9.17) is 4.74 Å². The second-order valence-corrected chi connectivity index (χ2v) is 5.40. The van der Waals surface area contributed by atoms with E-state index in [2.05, 4.69) is 5.32 Å². The van der Waals surface area contributed by atoms with Crippen molar-refractivity contribution in [2.75, 3.05) is 33.3 Å². The summed E-state index contributed by atoms with van der Waals surface area (Å²) in [5.74, 6) is 0.840. The number of nitrogens with zero attached hydrogens (tertiary/aromatic N) is 2. The van der Waals surface area contributed by atoms with Crippen LogP contribution >= 0.6 is 0 Å². The van der Waals surface area contributed by atoms with Crippen LogP contribution in [0.4, 0.5) is 4.79 Å². The number of nitrogens with one attached hydrogen (secondary N) is 1. The standard InChI is InChI=1S/C15H21N3O2/c1-20-14-4-2-3-12(9-14)11-17-7-5-13-10-16-6-8-18(13)15(17)19/h2-4,9,13,16H,5-8,10-11H2,1H3. The molecule has 20 heavy (non-hydrogen) atoms. The highest BCUT2D eigenvalue weighted by molar-refractivity contribution is 5.76. The van der Waals surface area contributed by atoms with Crippen LogP contribution in [0, 0.1) is 0 Å². The summed E-state index contributed by atoms with van der Waals surface area (Å²) in [4.78, 5) is 16.5. The minimum atomic E-state index is 0.172. The molecule has 5 heteroatoms. The maximum Gasteiger partial charge on any atom is 0.320 e. The van der Waals surface area contributed by atoms with Crippen LogP contribution in [0.5, 0.6) is 5.75 Å². The third-order valence-corrected chi connectivity index (χ3v) is 4.11. The molecule has 2 fully saturated rings. The van der Waals surface area contributed by atoms with E-state index < -0.39 is 0 Å². The van der Waals surface area contributed by atoms with Crippen molar-refractivity contribution in [2.45, 2.75) is 19.0 Å². The smallest absolute Gasteiger partial charge is 0.320 e. The van der Waals surface area contributed by atoms with E-state index in [0.29, 0.717) is 12.6 Å². The van der Waals surface area contributed by atoms with Crippen LogP contribution in [0.1, 0.15) is 12.0 Å². The Bertz CT molecular complexity index is 492. The first-order valence-electron chi connectivity index (χ1n) is 7.17. The molecule has 2 aliphatic heterocycles. The van der Waals surface area contributed by atoms with Gasteiger partial charge in [0.1, 0.15) is 5.75 Å². The lowest BCUT2D eigenvalue weighted by Crippen LogP contribution is -2.61. The van der Waals surface area contributed by atoms with Crippen molar-refractivity contribution >= 4 is 6.03 Å². The number of amides is 2. The van der Waals surface area contributed by atoms with Gasteiger partial charge in [0.05, 0.1) is 7.11 Å². The molecular weight excluding hydrogens is 254 g/mol. The van der Waals surface area contributed by atoms with Crippen molar-refractivity contribution in [1.82, 2.24) is 15.1 Å². The molecule has 2 aliphatic rings. The number of benzene rings is 1. The summed E-state index contributed by atoms with van der Waals surface area (Å²) < 4.78 is 5.23. The van der Waals surface area contributed by atoms with Crippen LogP contribution in [0.3, 0.4) is 0 Å². The predicted molar refractivity (Wildman–Crippen MR) is 76.8 cm³/mol. The van der Waals surface area contributed by atoms with Crippen molar-refractivity contribution in [2.24, 2.45) is 0 Å². The largest absolute Gasteiger partial charge is 0.497 e. The summed E-state index contributed by atoms with van der Waals surface area (Å²) in [6.07, 6.45) is 1.04. The first-order valence-corrected chi connectivity index (χ1v) is 7.17. The topological polar surface area (TPSA) is 44.8 Å². The molecule has 3 rings (SSSR count). The van der Waals surface area contributed by atoms with E-state index in [9.17, 15) is 4.79 Å². The van der Waals surface area contributed by atoms with Crippen LogP contribution in [-0.2, 0) is 6.54 Å². The molecule has 1 atom stereocenters. The molecule has 2 saturated heterocycles. The molecule has 0 radical (unpaired) electrons. The summed E-state index contributed by atoms with van der Waals surface area (Å²) >= 11 is 0. The summed E-state index contributed by atoms with van der Waals surface area (Å²) in [5, 5.41) is 3.36. The van der Waals surface area contributed by atoms with Crippen LogP contribution in [0.2, 0.25) is 0 Å². The number of rotatable bonds is 3. The third kappa shape index (κ3) is 2.58. The monoisotopic (exact) mass is 275 g/mol. The Morgan fingerprint density at radius 3 is 3.15 bits per heavy atom. The number of piperazine rings is 1. The van der Waals surface area contributed by atoms with E-state index in [-0.39, 0.29) is 6.03 Å². The van der Waals surface area contributed by atoms with E-state index >= 15 is 0 Å². The number of urea groups is 1. The van der Waals surface area contributed by atoms with Crippen LogP contribution in [-0.4, -0.2) is 55.2 Å². The fraction of sp³-hybridized carbons (Fsp3) is 0.533. The normalized spacial score (nSPS) is 22.6. The molecule has 0 saturated carbocycles. The van der Waals surface area contributed by atoms with Gasteiger partial charge in [-0.3, -0.25) is 0 Å². The Kier molecular flexibility index (Phi) is 3.78. The van der Waals surface area contributed by atoms with E-state index in [0.717, 1.165) is 43.9 Å². The van der Waals surface area contributed by atoms with Crippen molar-refractivity contribution in [3.8, 4) is 5.75 Å². The van der Waals surface area contributed by atoms with E-state index in [1.54, 1.807) is 7.11 Å². The lowest BCUT2D eigenvalue weighted by Gasteiger charge is -2.44. The zero-order valence-corrected chi connectivity index (χ0v) is 11.8. The number of fused-ring (bicyclic) bond motifs is 1. The number of hydrogen-bond donors (Lipinski definition) is 1. The minimum Gasteiger partial charge on any atom is -0.497 e. The molecule has 0 bridgehead atoms. The average molecular weight is 275 g/mol. The molecular formula is C15H21N3O2. The Balaban J connectivity index is 1.69. The van der Waals surface area contributed by atoms with Gasteiger partial charge < -0.3 is 19.9 Å². The lowest BCUT2D eigenvalue weighted by atomic mass is 10.1. The van der Waals surface area contributed by atoms with Crippen molar-refractivity contribution < 1.29 is 9.53 Å². The second-order valence-electron chi connectivity index (χ2n) is 5.40. The first-order chi connectivity index (χ1) is 9.78. The highest BCUT2D eigenvalue weighted by Gasteiger charge is 2.34. The van der Waals surface area contributed by atoms with Gasteiger partial charge in [-0.25, -0.2) is 4.79 Å². The van der Waals surface area contributed by atoms with Crippen LogP contribution in [0.25, 0.3) is 0 Å². The quantitative estimate of drug-likeness (QED) is 0.904. The molecule has 2 amide bonds. The summed E-state index contributed by atoms with van der Waals surface area (Å²) in [6.45, 7) is 4.14. The maximum absolute atomic E-state index is 12.5. The lowest BCUT2D eigenvalue weighted by molar-refractivity contribution is 0.0831. The number of methoxy groups -OCH3 is 1. The van der Waals surface area contributed by atoms with E-state index in [1.807, 2.05) is 34.1 Å². The summed E-state index contributed by atoms with van der Waals surface area (Å²) in [6, 6.07) is 8.48. The molecule has 1 N–H and O–H groups in total. The van der Waals surface area contributed by atoms with Gasteiger partial charge in [0, 0.05) is 38.8 Å². The predicted octanol–water partition coefficient (Wildman–Crippen LogP) is 1.29. The van der Waals surface area contributed by atoms with Gasteiger partial charge in [0.15, 0.2) is 0 Å². The fourth-order valence-electron chi connectivity index (χ4n) is 2.99. The number of carbonyl (C=O) groups excluding carboxylic acids is 1. The van der Waals surface area contributed by atoms with Gasteiger partial charge >= 0.3 is 6.03 Å². The van der Waals surface area contributed by atoms with Gasteiger partial charge in [0.2, 0.25) is 0 Å². The molecule has 0 spiro atoms. The fourth-order valence-corrected chi connectivity index (χ4v) is 2.99. The Labute approximate surface area is 119 Å². The van der Waals surface area contributed by atoms with Crippen molar-refractivity contribution in [3.63, 3.8) is 0 Å². The first kappa shape index (κ1) is 13.2. The molecule has 5 nitrogen and oxygen atoms in total. The highest BCUT2D eigenvalue weighted by Crippen LogP contribution is 2.21. The molecule has 2 heterocycles. The molecule has 1 aromatic carbocycles. The van der Waals surface area contributed by atoms with Crippen LogP contribution in [0.15, 0.2) is 24.3 Å². The van der Waals surface area contributed by atoms with Gasteiger partial charge in [0.25, 0.3) is 0 Å². The molecule has 0 aliphatic carbocycles.